The van der Waals surface area contributed by atoms with E-state index in [9.17, 15) is 13.2 Å². The van der Waals surface area contributed by atoms with Gasteiger partial charge in [0.2, 0.25) is 5.13 Å². The Morgan fingerprint density at radius 3 is 2.62 bits per heavy atom. The number of nitrogens with zero attached hydrogens (tertiary/aromatic N) is 2. The van der Waals surface area contributed by atoms with Crippen LogP contribution in [0.15, 0.2) is 51.4 Å². The lowest BCUT2D eigenvalue weighted by molar-refractivity contribution is 0.491. The monoisotopic (exact) mass is 411 g/mol. The van der Waals surface area contributed by atoms with Gasteiger partial charge in [-0.15, -0.1) is 11.3 Å². The van der Waals surface area contributed by atoms with Gasteiger partial charge in [0.15, 0.2) is 11.6 Å². The van der Waals surface area contributed by atoms with Crippen LogP contribution >= 0.6 is 27.3 Å². The Morgan fingerprint density at radius 2 is 1.88 bits per heavy atom. The van der Waals surface area contributed by atoms with E-state index in [1.165, 1.54) is 11.3 Å². The summed E-state index contributed by atoms with van der Waals surface area (Å²) < 4.78 is 40.6. The van der Waals surface area contributed by atoms with Crippen LogP contribution in [0.3, 0.4) is 0 Å². The zero-order valence-electron chi connectivity index (χ0n) is 11.9. The van der Waals surface area contributed by atoms with E-state index < -0.39 is 23.0 Å². The fourth-order valence-electron chi connectivity index (χ4n) is 1.92. The maximum Gasteiger partial charge on any atom is 0.203 e. The first kappa shape index (κ1) is 16.7. The first-order valence-electron chi connectivity index (χ1n) is 6.69. The number of anilines is 1. The Morgan fingerprint density at radius 1 is 1.12 bits per heavy atom. The fourth-order valence-corrected chi connectivity index (χ4v) is 3.01. The fraction of sp³-hybridized carbons (Fsp3) is 0. The molecule has 0 saturated heterocycles. The summed E-state index contributed by atoms with van der Waals surface area (Å²) in [4.78, 5) is 4.31. The number of aromatic nitrogens is 1. The first-order chi connectivity index (χ1) is 11.6. The molecule has 0 bridgehead atoms. The molecule has 0 fully saturated rings. The summed E-state index contributed by atoms with van der Waals surface area (Å²) in [6.07, 6.45) is 0.877. The second-order valence-electron chi connectivity index (χ2n) is 4.66. The molecule has 2 aromatic carbocycles. The van der Waals surface area contributed by atoms with Crippen LogP contribution in [0.1, 0.15) is 5.56 Å². The highest BCUT2D eigenvalue weighted by atomic mass is 79.9. The molecule has 0 aliphatic carbocycles. The molecule has 1 N–H and O–H groups in total. The van der Waals surface area contributed by atoms with Crippen LogP contribution in [-0.2, 0) is 0 Å². The maximum atomic E-state index is 13.8. The molecule has 0 aliphatic rings. The second-order valence-corrected chi connectivity index (χ2v) is 6.37. The van der Waals surface area contributed by atoms with E-state index in [-0.39, 0.29) is 4.47 Å². The van der Waals surface area contributed by atoms with E-state index in [2.05, 4.69) is 31.4 Å². The summed E-state index contributed by atoms with van der Waals surface area (Å²) in [6.45, 7) is 0. The summed E-state index contributed by atoms with van der Waals surface area (Å²) in [6, 6.07) is 10.2. The molecule has 24 heavy (non-hydrogen) atoms. The number of halogens is 4. The molecule has 1 aromatic heterocycles. The van der Waals surface area contributed by atoms with Crippen molar-refractivity contribution in [3.63, 3.8) is 0 Å². The van der Waals surface area contributed by atoms with Gasteiger partial charge in [-0.3, -0.25) is 5.43 Å². The molecule has 0 saturated carbocycles. The van der Waals surface area contributed by atoms with Crippen molar-refractivity contribution in [3.05, 3.63) is 69.3 Å². The number of hydrazone groups is 1. The van der Waals surface area contributed by atoms with E-state index >= 15 is 0 Å². The number of nitrogens with one attached hydrogen (secondary N) is 1. The van der Waals surface area contributed by atoms with Crippen molar-refractivity contribution in [3.8, 4) is 11.3 Å². The van der Waals surface area contributed by atoms with Gasteiger partial charge in [-0.25, -0.2) is 18.2 Å². The lowest BCUT2D eigenvalue weighted by atomic mass is 10.2. The normalized spacial score (nSPS) is 11.2. The molecule has 0 amide bonds. The Bertz CT molecular complexity index is 871. The highest BCUT2D eigenvalue weighted by Gasteiger charge is 2.16. The molecule has 8 heteroatoms. The summed E-state index contributed by atoms with van der Waals surface area (Å²) in [5.74, 6) is -3.39. The van der Waals surface area contributed by atoms with Crippen molar-refractivity contribution in [1.29, 1.82) is 0 Å². The number of hydrogen-bond donors (Lipinski definition) is 1. The minimum absolute atomic E-state index is 0.177. The van der Waals surface area contributed by atoms with Crippen LogP contribution in [0.5, 0.6) is 0 Å². The van der Waals surface area contributed by atoms with Gasteiger partial charge in [-0.05, 0) is 22.0 Å². The highest BCUT2D eigenvalue weighted by molar-refractivity contribution is 9.10. The summed E-state index contributed by atoms with van der Waals surface area (Å²) in [5, 5.41) is 6.00. The molecule has 0 unspecified atom stereocenters. The average molecular weight is 412 g/mol. The van der Waals surface area contributed by atoms with E-state index in [0.29, 0.717) is 5.13 Å². The first-order valence-corrected chi connectivity index (χ1v) is 8.36. The third-order valence-electron chi connectivity index (χ3n) is 3.07. The summed E-state index contributed by atoms with van der Waals surface area (Å²) in [5.41, 5.74) is 3.70. The molecule has 0 aliphatic heterocycles. The van der Waals surface area contributed by atoms with Gasteiger partial charge in [0, 0.05) is 10.9 Å². The zero-order chi connectivity index (χ0) is 17.1. The predicted molar refractivity (Wildman–Crippen MR) is 92.8 cm³/mol. The number of benzene rings is 2. The van der Waals surface area contributed by atoms with Crippen molar-refractivity contribution in [2.45, 2.75) is 0 Å². The van der Waals surface area contributed by atoms with Gasteiger partial charge < -0.3 is 0 Å². The Labute approximate surface area is 148 Å². The van der Waals surface area contributed by atoms with Crippen molar-refractivity contribution in [2.24, 2.45) is 5.10 Å². The van der Waals surface area contributed by atoms with Gasteiger partial charge >= 0.3 is 0 Å². The molecule has 0 spiro atoms. The lowest BCUT2D eigenvalue weighted by Gasteiger charge is -2.02. The summed E-state index contributed by atoms with van der Waals surface area (Å²) in [7, 11) is 0. The third kappa shape index (κ3) is 3.49. The highest BCUT2D eigenvalue weighted by Crippen LogP contribution is 2.25. The number of hydrogen-bond acceptors (Lipinski definition) is 4. The molecule has 1 heterocycles. The van der Waals surface area contributed by atoms with E-state index in [1.807, 2.05) is 35.7 Å². The molecule has 0 radical (unpaired) electrons. The van der Waals surface area contributed by atoms with E-state index in [4.69, 9.17) is 0 Å². The van der Waals surface area contributed by atoms with Gasteiger partial charge in [-0.2, -0.15) is 5.10 Å². The summed E-state index contributed by atoms with van der Waals surface area (Å²) >= 11 is 4.11. The topological polar surface area (TPSA) is 37.3 Å². The van der Waals surface area contributed by atoms with E-state index in [1.54, 1.807) is 0 Å². The van der Waals surface area contributed by atoms with Crippen LogP contribution in [-0.4, -0.2) is 11.2 Å². The van der Waals surface area contributed by atoms with Crippen LogP contribution < -0.4 is 5.43 Å². The molecule has 3 aromatic rings. The van der Waals surface area contributed by atoms with Gasteiger partial charge in [0.1, 0.15) is 5.82 Å². The van der Waals surface area contributed by atoms with Crippen molar-refractivity contribution in [1.82, 2.24) is 4.98 Å². The third-order valence-corrected chi connectivity index (χ3v) is 4.40. The molecule has 122 valence electrons. The minimum atomic E-state index is -1.30. The predicted octanol–water partition coefficient (Wildman–Crippen LogP) is 5.44. The number of thiazole rings is 1. The molecular formula is C16H9BrF3N3S. The van der Waals surface area contributed by atoms with Crippen molar-refractivity contribution in [2.75, 3.05) is 5.43 Å². The SMILES string of the molecule is Fc1cc(Br)c(F)c(C=NNc2nc(-c3ccccc3)cs2)c1F. The lowest BCUT2D eigenvalue weighted by Crippen LogP contribution is -2.01. The average Bonchev–Trinajstić information content (AvgIpc) is 3.06. The zero-order valence-corrected chi connectivity index (χ0v) is 14.3. The smallest absolute Gasteiger partial charge is 0.203 e. The van der Waals surface area contributed by atoms with Crippen molar-refractivity contribution < 1.29 is 13.2 Å². The molecule has 0 atom stereocenters. The van der Waals surface area contributed by atoms with Crippen LogP contribution in [0.25, 0.3) is 11.3 Å². The molecule has 3 nitrogen and oxygen atoms in total. The molecule has 3 rings (SSSR count). The van der Waals surface area contributed by atoms with Gasteiger partial charge in [0.05, 0.1) is 21.9 Å². The van der Waals surface area contributed by atoms with E-state index in [0.717, 1.165) is 23.5 Å². The Hall–Kier alpha value is -2.19. The quantitative estimate of drug-likeness (QED) is 0.352. The maximum absolute atomic E-state index is 13.8. The molecular weight excluding hydrogens is 403 g/mol. The van der Waals surface area contributed by atoms with Gasteiger partial charge in [-0.1, -0.05) is 30.3 Å². The van der Waals surface area contributed by atoms with Crippen molar-refractivity contribution >= 4 is 38.6 Å². The standard InChI is InChI=1S/C16H9BrF3N3S/c17-11-6-12(18)15(20)10(14(11)19)7-21-23-16-22-13(8-24-16)9-4-2-1-3-5-9/h1-8H,(H,22,23). The van der Waals surface area contributed by atoms with Crippen LogP contribution in [0.4, 0.5) is 18.3 Å². The van der Waals surface area contributed by atoms with Gasteiger partial charge in [0.25, 0.3) is 0 Å². The minimum Gasteiger partial charge on any atom is -0.253 e. The number of rotatable bonds is 4. The Kier molecular flexibility index (Phi) is 4.96. The second kappa shape index (κ2) is 7.14. The Balaban J connectivity index is 1.78. The van der Waals surface area contributed by atoms with Crippen LogP contribution in [0, 0.1) is 17.5 Å². The van der Waals surface area contributed by atoms with Crippen LogP contribution in [0.2, 0.25) is 0 Å². The largest absolute Gasteiger partial charge is 0.253 e.